The maximum atomic E-state index is 11.6. The highest BCUT2D eigenvalue weighted by Gasteiger charge is 2.35. The predicted octanol–water partition coefficient (Wildman–Crippen LogP) is -0.380. The molecular formula is C13H26N4O. The molecule has 2 fully saturated rings. The van der Waals surface area contributed by atoms with Gasteiger partial charge in [-0.3, -0.25) is 14.6 Å². The molecule has 2 aliphatic rings. The SMILES string of the molecule is CCNC(C)(CN1CCN(C2CC2)CC1)C(N)=O. The van der Waals surface area contributed by atoms with Crippen molar-refractivity contribution >= 4 is 5.91 Å². The first-order chi connectivity index (χ1) is 8.55. The maximum absolute atomic E-state index is 11.6. The van der Waals surface area contributed by atoms with Gasteiger partial charge in [-0.2, -0.15) is 0 Å². The molecule has 0 aromatic rings. The minimum absolute atomic E-state index is 0.256. The Labute approximate surface area is 110 Å². The fourth-order valence-corrected chi connectivity index (χ4v) is 2.78. The van der Waals surface area contributed by atoms with Crippen LogP contribution in [0.3, 0.4) is 0 Å². The summed E-state index contributed by atoms with van der Waals surface area (Å²) in [5.74, 6) is -0.256. The molecule has 0 bridgehead atoms. The van der Waals surface area contributed by atoms with E-state index >= 15 is 0 Å². The number of hydrogen-bond acceptors (Lipinski definition) is 4. The molecule has 1 aliphatic carbocycles. The minimum atomic E-state index is -0.601. The van der Waals surface area contributed by atoms with E-state index < -0.39 is 5.54 Å². The zero-order chi connectivity index (χ0) is 13.2. The summed E-state index contributed by atoms with van der Waals surface area (Å²) in [6.45, 7) is 9.75. The number of primary amides is 1. The monoisotopic (exact) mass is 254 g/mol. The van der Waals surface area contributed by atoms with Gasteiger partial charge < -0.3 is 11.1 Å². The van der Waals surface area contributed by atoms with Crippen LogP contribution in [0.1, 0.15) is 26.7 Å². The molecule has 0 aromatic heterocycles. The molecule has 5 nitrogen and oxygen atoms in total. The van der Waals surface area contributed by atoms with Gasteiger partial charge >= 0.3 is 0 Å². The lowest BCUT2D eigenvalue weighted by atomic mass is 10.00. The topological polar surface area (TPSA) is 61.6 Å². The number of carbonyl (C=O) groups is 1. The van der Waals surface area contributed by atoms with Crippen molar-refractivity contribution in [2.45, 2.75) is 38.3 Å². The van der Waals surface area contributed by atoms with Crippen LogP contribution in [0, 0.1) is 0 Å². The first-order valence-corrected chi connectivity index (χ1v) is 7.06. The molecule has 18 heavy (non-hydrogen) atoms. The Bertz CT molecular complexity index is 297. The third-order valence-corrected chi connectivity index (χ3v) is 4.12. The van der Waals surface area contributed by atoms with Crippen LogP contribution in [0.4, 0.5) is 0 Å². The molecule has 1 heterocycles. The van der Waals surface area contributed by atoms with Crippen LogP contribution in [0.5, 0.6) is 0 Å². The summed E-state index contributed by atoms with van der Waals surface area (Å²) in [5.41, 5.74) is 4.92. The summed E-state index contributed by atoms with van der Waals surface area (Å²) in [6.07, 6.45) is 2.74. The third kappa shape index (κ3) is 3.22. The van der Waals surface area contributed by atoms with Gasteiger partial charge in [0, 0.05) is 38.8 Å². The van der Waals surface area contributed by atoms with Crippen LogP contribution >= 0.6 is 0 Å². The lowest BCUT2D eigenvalue weighted by Gasteiger charge is -2.39. The van der Waals surface area contributed by atoms with Gasteiger partial charge in [-0.05, 0) is 26.3 Å². The normalized spacial score (nSPS) is 25.9. The van der Waals surface area contributed by atoms with Gasteiger partial charge in [0.15, 0.2) is 0 Å². The molecule has 104 valence electrons. The van der Waals surface area contributed by atoms with Gasteiger partial charge in [-0.1, -0.05) is 6.92 Å². The molecule has 0 spiro atoms. The number of carbonyl (C=O) groups excluding carboxylic acids is 1. The van der Waals surface area contributed by atoms with Gasteiger partial charge in [0.25, 0.3) is 0 Å². The number of nitrogens with two attached hydrogens (primary N) is 1. The summed E-state index contributed by atoms with van der Waals surface area (Å²) >= 11 is 0. The standard InChI is InChI=1S/C13H26N4O/c1-3-15-13(2,12(14)18)10-16-6-8-17(9-7-16)11-4-5-11/h11,15H,3-10H2,1-2H3,(H2,14,18). The van der Waals surface area contributed by atoms with Crippen LogP contribution in [-0.2, 0) is 4.79 Å². The summed E-state index contributed by atoms with van der Waals surface area (Å²) in [5, 5.41) is 3.22. The number of nitrogens with zero attached hydrogens (tertiary/aromatic N) is 2. The molecule has 3 N–H and O–H groups in total. The van der Waals surface area contributed by atoms with Crippen LogP contribution in [0.2, 0.25) is 0 Å². The summed E-state index contributed by atoms with van der Waals surface area (Å²) in [4.78, 5) is 16.5. The lowest BCUT2D eigenvalue weighted by molar-refractivity contribution is -0.124. The van der Waals surface area contributed by atoms with Crippen LogP contribution in [0.25, 0.3) is 0 Å². The van der Waals surface area contributed by atoms with Crippen LogP contribution in [-0.4, -0.2) is 66.6 Å². The van der Waals surface area contributed by atoms with Gasteiger partial charge in [-0.25, -0.2) is 0 Å². The average Bonchev–Trinajstić information content (AvgIpc) is 3.14. The maximum Gasteiger partial charge on any atom is 0.238 e. The molecule has 2 rings (SSSR count). The first kappa shape index (κ1) is 13.8. The molecule has 0 aromatic carbocycles. The molecular weight excluding hydrogens is 228 g/mol. The van der Waals surface area contributed by atoms with E-state index in [2.05, 4.69) is 15.1 Å². The quantitative estimate of drug-likeness (QED) is 0.678. The predicted molar refractivity (Wildman–Crippen MR) is 72.3 cm³/mol. The van der Waals surface area contributed by atoms with Crippen molar-refractivity contribution in [3.05, 3.63) is 0 Å². The number of piperazine rings is 1. The highest BCUT2D eigenvalue weighted by atomic mass is 16.1. The lowest BCUT2D eigenvalue weighted by Crippen LogP contribution is -2.61. The molecule has 1 unspecified atom stereocenters. The third-order valence-electron chi connectivity index (χ3n) is 4.12. The van der Waals surface area contributed by atoms with Crippen LogP contribution < -0.4 is 11.1 Å². The summed E-state index contributed by atoms with van der Waals surface area (Å²) in [6, 6.07) is 0.850. The van der Waals surface area contributed by atoms with E-state index in [1.807, 2.05) is 13.8 Å². The molecule has 1 saturated carbocycles. The number of amides is 1. The summed E-state index contributed by atoms with van der Waals surface area (Å²) in [7, 11) is 0. The first-order valence-electron chi connectivity index (χ1n) is 7.06. The number of hydrogen-bond donors (Lipinski definition) is 2. The van der Waals surface area contributed by atoms with Gasteiger partial charge in [0.1, 0.15) is 5.54 Å². The second kappa shape index (κ2) is 5.55. The summed E-state index contributed by atoms with van der Waals surface area (Å²) < 4.78 is 0. The zero-order valence-corrected chi connectivity index (χ0v) is 11.6. The molecule has 1 atom stereocenters. The molecule has 5 heteroatoms. The smallest absolute Gasteiger partial charge is 0.238 e. The van der Waals surface area contributed by atoms with Crippen molar-refractivity contribution in [2.75, 3.05) is 39.3 Å². The van der Waals surface area contributed by atoms with E-state index in [1.54, 1.807) is 0 Å². The molecule has 0 radical (unpaired) electrons. The zero-order valence-electron chi connectivity index (χ0n) is 11.6. The fourth-order valence-electron chi connectivity index (χ4n) is 2.78. The Morgan fingerprint density at radius 1 is 1.33 bits per heavy atom. The van der Waals surface area contributed by atoms with Crippen molar-refractivity contribution in [3.8, 4) is 0 Å². The Balaban J connectivity index is 1.83. The van der Waals surface area contributed by atoms with Crippen molar-refractivity contribution in [1.82, 2.24) is 15.1 Å². The van der Waals surface area contributed by atoms with E-state index in [4.69, 9.17) is 5.73 Å². The van der Waals surface area contributed by atoms with Crippen molar-refractivity contribution in [1.29, 1.82) is 0 Å². The van der Waals surface area contributed by atoms with E-state index in [0.717, 1.165) is 38.8 Å². The van der Waals surface area contributed by atoms with Crippen molar-refractivity contribution < 1.29 is 4.79 Å². The van der Waals surface area contributed by atoms with Gasteiger partial charge in [-0.15, -0.1) is 0 Å². The number of rotatable bonds is 6. The van der Waals surface area contributed by atoms with Crippen LogP contribution in [0.15, 0.2) is 0 Å². The largest absolute Gasteiger partial charge is 0.368 e. The van der Waals surface area contributed by atoms with Gasteiger partial charge in [0.2, 0.25) is 5.91 Å². The molecule has 1 amide bonds. The minimum Gasteiger partial charge on any atom is -0.368 e. The van der Waals surface area contributed by atoms with E-state index in [-0.39, 0.29) is 5.91 Å². The highest BCUT2D eigenvalue weighted by molar-refractivity contribution is 5.84. The van der Waals surface area contributed by atoms with E-state index in [0.29, 0.717) is 6.54 Å². The Morgan fingerprint density at radius 2 is 1.94 bits per heavy atom. The Kier molecular flexibility index (Phi) is 4.25. The fraction of sp³-hybridized carbons (Fsp3) is 0.923. The number of likely N-dealkylation sites (N-methyl/N-ethyl adjacent to an activating group) is 1. The highest BCUT2D eigenvalue weighted by Crippen LogP contribution is 2.27. The van der Waals surface area contributed by atoms with Crippen molar-refractivity contribution in [3.63, 3.8) is 0 Å². The van der Waals surface area contributed by atoms with Gasteiger partial charge in [0.05, 0.1) is 0 Å². The van der Waals surface area contributed by atoms with E-state index in [9.17, 15) is 4.79 Å². The number of nitrogens with one attached hydrogen (secondary N) is 1. The second-order valence-electron chi connectivity index (χ2n) is 5.77. The average molecular weight is 254 g/mol. The van der Waals surface area contributed by atoms with E-state index in [1.165, 1.54) is 12.8 Å². The van der Waals surface area contributed by atoms with Crippen molar-refractivity contribution in [2.24, 2.45) is 5.73 Å². The molecule has 1 aliphatic heterocycles. The Hall–Kier alpha value is -0.650. The second-order valence-corrected chi connectivity index (χ2v) is 5.77. The molecule has 1 saturated heterocycles. The Morgan fingerprint density at radius 3 is 2.39 bits per heavy atom.